The van der Waals surface area contributed by atoms with Crippen LogP contribution in [0.25, 0.3) is 10.9 Å². The Bertz CT molecular complexity index is 618. The van der Waals surface area contributed by atoms with Crippen LogP contribution >= 0.6 is 0 Å². The Morgan fingerprint density at radius 3 is 2.74 bits per heavy atom. The maximum absolute atomic E-state index is 11.3. The number of fused-ring (bicyclic) bond motifs is 1. The van der Waals surface area contributed by atoms with Crippen molar-refractivity contribution in [2.45, 2.75) is 31.8 Å². The summed E-state index contributed by atoms with van der Waals surface area (Å²) in [6.45, 7) is 0. The van der Waals surface area contributed by atoms with Crippen molar-refractivity contribution in [3.63, 3.8) is 0 Å². The summed E-state index contributed by atoms with van der Waals surface area (Å²) in [7, 11) is 0. The normalized spacial score (nSPS) is 15.8. The highest BCUT2D eigenvalue weighted by molar-refractivity contribution is 6.02. The fourth-order valence-electron chi connectivity index (χ4n) is 2.57. The maximum Gasteiger partial charge on any atom is 0.336 e. The van der Waals surface area contributed by atoms with E-state index in [2.05, 4.69) is 4.98 Å². The van der Waals surface area contributed by atoms with Gasteiger partial charge in [0.25, 0.3) is 0 Å². The average Bonchev–Trinajstić information content (AvgIpc) is 2.90. The standard InChI is InChI=1S/C15H15NO3/c17-15(18)12-9-14(19-10-5-1-2-6-10)16-13-8-4-3-7-11(12)13/h3-4,7-10H,1-2,5-6H2,(H,17,18). The Kier molecular flexibility index (Phi) is 3.07. The zero-order valence-corrected chi connectivity index (χ0v) is 10.5. The number of hydrogen-bond acceptors (Lipinski definition) is 3. The monoisotopic (exact) mass is 257 g/mol. The molecule has 0 spiro atoms. The molecule has 19 heavy (non-hydrogen) atoms. The number of carbonyl (C=O) groups is 1. The second-order valence-electron chi connectivity index (χ2n) is 4.85. The summed E-state index contributed by atoms with van der Waals surface area (Å²) in [5.41, 5.74) is 0.911. The number of benzene rings is 1. The summed E-state index contributed by atoms with van der Waals surface area (Å²) in [6, 6.07) is 8.77. The zero-order valence-electron chi connectivity index (χ0n) is 10.5. The minimum Gasteiger partial charge on any atom is -0.478 e. The van der Waals surface area contributed by atoms with Crippen LogP contribution in [-0.4, -0.2) is 22.2 Å². The average molecular weight is 257 g/mol. The van der Waals surface area contributed by atoms with Gasteiger partial charge in [0.2, 0.25) is 5.88 Å². The van der Waals surface area contributed by atoms with Crippen LogP contribution in [-0.2, 0) is 0 Å². The van der Waals surface area contributed by atoms with Crippen molar-refractivity contribution < 1.29 is 14.6 Å². The molecule has 2 aromatic rings. The van der Waals surface area contributed by atoms with Gasteiger partial charge in [0.05, 0.1) is 11.1 Å². The van der Waals surface area contributed by atoms with Gasteiger partial charge in [0, 0.05) is 11.5 Å². The number of para-hydroxylation sites is 1. The molecule has 3 rings (SSSR count). The molecule has 0 bridgehead atoms. The number of hydrogen-bond donors (Lipinski definition) is 1. The lowest BCUT2D eigenvalue weighted by molar-refractivity contribution is 0.0698. The second-order valence-corrected chi connectivity index (χ2v) is 4.85. The molecule has 4 nitrogen and oxygen atoms in total. The molecule has 98 valence electrons. The van der Waals surface area contributed by atoms with Gasteiger partial charge in [-0.3, -0.25) is 0 Å². The van der Waals surface area contributed by atoms with E-state index in [9.17, 15) is 9.90 Å². The molecular formula is C15H15NO3. The van der Waals surface area contributed by atoms with E-state index in [0.717, 1.165) is 12.8 Å². The predicted octanol–water partition coefficient (Wildman–Crippen LogP) is 3.25. The molecule has 1 aromatic carbocycles. The Morgan fingerprint density at radius 2 is 2.00 bits per heavy atom. The molecule has 1 aromatic heterocycles. The second kappa shape index (κ2) is 4.88. The first kappa shape index (κ1) is 12.0. The van der Waals surface area contributed by atoms with E-state index < -0.39 is 5.97 Å². The van der Waals surface area contributed by atoms with Crippen molar-refractivity contribution in [2.24, 2.45) is 0 Å². The van der Waals surface area contributed by atoms with Crippen LogP contribution in [0.2, 0.25) is 0 Å². The van der Waals surface area contributed by atoms with E-state index >= 15 is 0 Å². The van der Waals surface area contributed by atoms with E-state index in [1.807, 2.05) is 18.2 Å². The molecule has 1 saturated carbocycles. The SMILES string of the molecule is O=C(O)c1cc(OC2CCCC2)nc2ccccc12. The molecular weight excluding hydrogens is 242 g/mol. The minimum atomic E-state index is -0.949. The van der Waals surface area contributed by atoms with E-state index in [1.165, 1.54) is 18.9 Å². The van der Waals surface area contributed by atoms with Gasteiger partial charge in [-0.05, 0) is 31.7 Å². The van der Waals surface area contributed by atoms with Gasteiger partial charge in [0.1, 0.15) is 6.10 Å². The number of rotatable bonds is 3. The van der Waals surface area contributed by atoms with Crippen LogP contribution in [0, 0.1) is 0 Å². The highest BCUT2D eigenvalue weighted by Gasteiger charge is 2.19. The summed E-state index contributed by atoms with van der Waals surface area (Å²) in [4.78, 5) is 15.7. The largest absolute Gasteiger partial charge is 0.478 e. The van der Waals surface area contributed by atoms with Crippen molar-refractivity contribution in [1.82, 2.24) is 4.98 Å². The summed E-state index contributed by atoms with van der Waals surface area (Å²) in [6.07, 6.45) is 4.57. The first-order valence-corrected chi connectivity index (χ1v) is 6.54. The first-order valence-electron chi connectivity index (χ1n) is 6.54. The quantitative estimate of drug-likeness (QED) is 0.916. The zero-order chi connectivity index (χ0) is 13.2. The number of ether oxygens (including phenoxy) is 1. The fourth-order valence-corrected chi connectivity index (χ4v) is 2.57. The van der Waals surface area contributed by atoms with Crippen molar-refractivity contribution in [1.29, 1.82) is 0 Å². The smallest absolute Gasteiger partial charge is 0.336 e. The van der Waals surface area contributed by atoms with E-state index in [4.69, 9.17) is 4.74 Å². The molecule has 0 amide bonds. The molecule has 0 aliphatic heterocycles. The highest BCUT2D eigenvalue weighted by Crippen LogP contribution is 2.26. The van der Waals surface area contributed by atoms with Crippen LogP contribution in [0.15, 0.2) is 30.3 Å². The molecule has 1 aliphatic carbocycles. The summed E-state index contributed by atoms with van der Waals surface area (Å²) < 4.78 is 5.80. The molecule has 1 fully saturated rings. The van der Waals surface area contributed by atoms with Crippen LogP contribution in [0.1, 0.15) is 36.0 Å². The lowest BCUT2D eigenvalue weighted by atomic mass is 10.1. The topological polar surface area (TPSA) is 59.4 Å². The molecule has 0 saturated heterocycles. The highest BCUT2D eigenvalue weighted by atomic mass is 16.5. The molecule has 0 radical (unpaired) electrons. The number of pyridine rings is 1. The van der Waals surface area contributed by atoms with Gasteiger partial charge in [-0.1, -0.05) is 18.2 Å². The van der Waals surface area contributed by atoms with Crippen LogP contribution in [0.5, 0.6) is 5.88 Å². The van der Waals surface area contributed by atoms with Crippen molar-refractivity contribution in [3.05, 3.63) is 35.9 Å². The van der Waals surface area contributed by atoms with Gasteiger partial charge in [-0.25, -0.2) is 9.78 Å². The van der Waals surface area contributed by atoms with Crippen molar-refractivity contribution in [3.8, 4) is 5.88 Å². The number of nitrogens with zero attached hydrogens (tertiary/aromatic N) is 1. The lowest BCUT2D eigenvalue weighted by Crippen LogP contribution is -2.12. The molecule has 0 unspecified atom stereocenters. The molecule has 4 heteroatoms. The Morgan fingerprint density at radius 1 is 1.26 bits per heavy atom. The summed E-state index contributed by atoms with van der Waals surface area (Å²) >= 11 is 0. The molecule has 1 heterocycles. The van der Waals surface area contributed by atoms with Crippen LogP contribution in [0.4, 0.5) is 0 Å². The third-order valence-corrected chi connectivity index (χ3v) is 3.51. The summed E-state index contributed by atoms with van der Waals surface area (Å²) in [5, 5.41) is 9.93. The van der Waals surface area contributed by atoms with Gasteiger partial charge in [-0.2, -0.15) is 0 Å². The van der Waals surface area contributed by atoms with Crippen LogP contribution in [0.3, 0.4) is 0 Å². The number of aromatic carboxylic acids is 1. The van der Waals surface area contributed by atoms with E-state index in [-0.39, 0.29) is 11.7 Å². The number of aromatic nitrogens is 1. The maximum atomic E-state index is 11.3. The third-order valence-electron chi connectivity index (χ3n) is 3.51. The number of carboxylic acid groups (broad SMARTS) is 1. The Labute approximate surface area is 111 Å². The van der Waals surface area contributed by atoms with Gasteiger partial charge in [-0.15, -0.1) is 0 Å². The third kappa shape index (κ3) is 2.38. The predicted molar refractivity (Wildman–Crippen MR) is 71.6 cm³/mol. The fraction of sp³-hybridized carbons (Fsp3) is 0.333. The number of carboxylic acids is 1. The van der Waals surface area contributed by atoms with Gasteiger partial charge in [0.15, 0.2) is 0 Å². The van der Waals surface area contributed by atoms with E-state index in [1.54, 1.807) is 6.07 Å². The summed E-state index contributed by atoms with van der Waals surface area (Å²) in [5.74, 6) is -0.530. The van der Waals surface area contributed by atoms with Gasteiger partial charge < -0.3 is 9.84 Å². The van der Waals surface area contributed by atoms with Crippen molar-refractivity contribution in [2.75, 3.05) is 0 Å². The molecule has 0 atom stereocenters. The lowest BCUT2D eigenvalue weighted by Gasteiger charge is -2.13. The minimum absolute atomic E-state index is 0.176. The Balaban J connectivity index is 2.02. The first-order chi connectivity index (χ1) is 9.24. The molecule has 1 aliphatic rings. The molecule has 1 N–H and O–H groups in total. The van der Waals surface area contributed by atoms with E-state index in [0.29, 0.717) is 16.8 Å². The van der Waals surface area contributed by atoms with Gasteiger partial charge >= 0.3 is 5.97 Å². The van der Waals surface area contributed by atoms with Crippen LogP contribution < -0.4 is 4.74 Å². The van der Waals surface area contributed by atoms with Crippen molar-refractivity contribution >= 4 is 16.9 Å². The Hall–Kier alpha value is -2.10.